The van der Waals surface area contributed by atoms with E-state index >= 15 is 0 Å². The topological polar surface area (TPSA) is 78.9 Å². The minimum absolute atomic E-state index is 0.318. The number of hydrogen-bond acceptors (Lipinski definition) is 7. The maximum absolute atomic E-state index is 13.7. The van der Waals surface area contributed by atoms with Gasteiger partial charge in [-0.05, 0) is 30.7 Å². The number of hydrogen-bond donors (Lipinski definition) is 0. The Kier molecular flexibility index (Phi) is 5.95. The third-order valence-corrected chi connectivity index (χ3v) is 5.94. The molecule has 1 fully saturated rings. The van der Waals surface area contributed by atoms with Crippen molar-refractivity contribution >= 4 is 29.0 Å². The summed E-state index contributed by atoms with van der Waals surface area (Å²) >= 11 is 0. The van der Waals surface area contributed by atoms with Crippen molar-refractivity contribution in [1.29, 1.82) is 0 Å². The molecule has 8 nitrogen and oxygen atoms in total. The van der Waals surface area contributed by atoms with Gasteiger partial charge in [0.2, 0.25) is 5.95 Å². The molecule has 0 radical (unpaired) electrons. The first-order valence-corrected chi connectivity index (χ1v) is 11.4. The predicted molar refractivity (Wildman–Crippen MR) is 129 cm³/mol. The number of aromatic nitrogens is 2. The zero-order chi connectivity index (χ0) is 23.5. The summed E-state index contributed by atoms with van der Waals surface area (Å²) in [5, 5.41) is 0. The Morgan fingerprint density at radius 3 is 2.24 bits per heavy atom. The lowest BCUT2D eigenvalue weighted by molar-refractivity contribution is -0.120. The molecule has 2 aliphatic heterocycles. The van der Waals surface area contributed by atoms with Crippen LogP contribution >= 0.6 is 0 Å². The maximum atomic E-state index is 13.7. The zero-order valence-electron chi connectivity index (χ0n) is 18.9. The molecule has 34 heavy (non-hydrogen) atoms. The van der Waals surface area contributed by atoms with Crippen molar-refractivity contribution in [2.45, 2.75) is 6.92 Å². The summed E-state index contributed by atoms with van der Waals surface area (Å²) in [4.78, 5) is 41.4. The molecule has 0 bridgehead atoms. The molecule has 2 aliphatic rings. The first-order valence-electron chi connectivity index (χ1n) is 11.4. The van der Waals surface area contributed by atoms with Crippen LogP contribution in [0.15, 0.2) is 78.8 Å². The molecule has 0 aliphatic carbocycles. The number of rotatable bonds is 6. The van der Waals surface area contributed by atoms with Gasteiger partial charge in [-0.2, -0.15) is 0 Å². The molecule has 8 heteroatoms. The summed E-state index contributed by atoms with van der Waals surface area (Å²) < 4.78 is 5.59. The van der Waals surface area contributed by atoms with Crippen LogP contribution in [0.3, 0.4) is 0 Å². The minimum Gasteiger partial charge on any atom is -0.494 e. The van der Waals surface area contributed by atoms with Crippen LogP contribution in [0.4, 0.5) is 11.6 Å². The molecule has 2 aromatic carbocycles. The van der Waals surface area contributed by atoms with E-state index in [2.05, 4.69) is 14.9 Å². The second kappa shape index (κ2) is 9.35. The van der Waals surface area contributed by atoms with Crippen LogP contribution in [0.5, 0.6) is 5.75 Å². The monoisotopic (exact) mass is 455 g/mol. The summed E-state index contributed by atoms with van der Waals surface area (Å²) in [6, 6.07) is 18.3. The Morgan fingerprint density at radius 2 is 1.53 bits per heavy atom. The first kappa shape index (κ1) is 21.6. The van der Waals surface area contributed by atoms with E-state index in [9.17, 15) is 9.59 Å². The molecule has 0 atom stereocenters. The standard InChI is InChI=1S/C26H25N5O3/c1-2-34-21-11-6-10-20(18-21)31-24(32)22(19-8-4-3-5-9-19)23(25(31)33)29-14-16-30(17-15-29)26-27-12-7-13-28-26/h3-13,18H,2,14-17H2,1H3. The van der Waals surface area contributed by atoms with E-state index < -0.39 is 0 Å². The quantitative estimate of drug-likeness (QED) is 0.529. The fourth-order valence-electron chi connectivity index (χ4n) is 4.37. The van der Waals surface area contributed by atoms with Crippen LogP contribution in [-0.2, 0) is 9.59 Å². The van der Waals surface area contributed by atoms with E-state index in [-0.39, 0.29) is 11.8 Å². The van der Waals surface area contributed by atoms with Crippen molar-refractivity contribution in [3.8, 4) is 5.75 Å². The van der Waals surface area contributed by atoms with E-state index in [0.717, 1.165) is 5.56 Å². The highest BCUT2D eigenvalue weighted by atomic mass is 16.5. The van der Waals surface area contributed by atoms with Gasteiger partial charge in [-0.3, -0.25) is 9.59 Å². The lowest BCUT2D eigenvalue weighted by Crippen LogP contribution is -2.48. The molecule has 172 valence electrons. The number of nitrogens with zero attached hydrogens (tertiary/aromatic N) is 5. The highest BCUT2D eigenvalue weighted by Crippen LogP contribution is 2.36. The largest absolute Gasteiger partial charge is 0.494 e. The fourth-order valence-corrected chi connectivity index (χ4v) is 4.37. The van der Waals surface area contributed by atoms with E-state index in [0.29, 0.717) is 61.4 Å². The molecular weight excluding hydrogens is 430 g/mol. The van der Waals surface area contributed by atoms with Crippen molar-refractivity contribution in [2.75, 3.05) is 42.6 Å². The summed E-state index contributed by atoms with van der Waals surface area (Å²) in [6.07, 6.45) is 3.44. The van der Waals surface area contributed by atoms with Gasteiger partial charge in [-0.1, -0.05) is 36.4 Å². The number of benzene rings is 2. The van der Waals surface area contributed by atoms with Crippen molar-refractivity contribution in [3.05, 3.63) is 84.3 Å². The molecule has 1 saturated heterocycles. The van der Waals surface area contributed by atoms with Crippen molar-refractivity contribution < 1.29 is 14.3 Å². The van der Waals surface area contributed by atoms with Crippen LogP contribution in [0, 0.1) is 0 Å². The molecule has 0 spiro atoms. The second-order valence-corrected chi connectivity index (χ2v) is 7.99. The van der Waals surface area contributed by atoms with Gasteiger partial charge in [-0.15, -0.1) is 0 Å². The highest BCUT2D eigenvalue weighted by molar-refractivity contribution is 6.45. The fraction of sp³-hybridized carbons (Fsp3) is 0.231. The van der Waals surface area contributed by atoms with Gasteiger partial charge in [0, 0.05) is 44.6 Å². The van der Waals surface area contributed by atoms with Crippen LogP contribution in [-0.4, -0.2) is 59.5 Å². The summed E-state index contributed by atoms with van der Waals surface area (Å²) in [7, 11) is 0. The molecule has 0 unspecified atom stereocenters. The van der Waals surface area contributed by atoms with Crippen molar-refractivity contribution in [3.63, 3.8) is 0 Å². The van der Waals surface area contributed by atoms with E-state index in [1.54, 1.807) is 36.7 Å². The van der Waals surface area contributed by atoms with Crippen LogP contribution in [0.1, 0.15) is 12.5 Å². The average Bonchev–Trinajstić information content (AvgIpc) is 3.15. The highest BCUT2D eigenvalue weighted by Gasteiger charge is 2.43. The Morgan fingerprint density at radius 1 is 0.824 bits per heavy atom. The van der Waals surface area contributed by atoms with E-state index in [1.165, 1.54) is 4.90 Å². The summed E-state index contributed by atoms with van der Waals surface area (Å²) in [5.41, 5.74) is 2.09. The minimum atomic E-state index is -0.325. The number of carbonyl (C=O) groups is 2. The molecule has 3 heterocycles. The van der Waals surface area contributed by atoms with E-state index in [4.69, 9.17) is 4.74 Å². The number of anilines is 2. The first-order chi connectivity index (χ1) is 16.7. The van der Waals surface area contributed by atoms with Crippen molar-refractivity contribution in [2.24, 2.45) is 0 Å². The van der Waals surface area contributed by atoms with Gasteiger partial charge in [0.25, 0.3) is 11.8 Å². The van der Waals surface area contributed by atoms with Crippen LogP contribution in [0.25, 0.3) is 5.57 Å². The Bertz CT molecular complexity index is 1220. The molecule has 1 aromatic heterocycles. The van der Waals surface area contributed by atoms with Gasteiger partial charge in [0.15, 0.2) is 0 Å². The normalized spacial score (nSPS) is 16.4. The van der Waals surface area contributed by atoms with Crippen LogP contribution in [0.2, 0.25) is 0 Å². The predicted octanol–water partition coefficient (Wildman–Crippen LogP) is 2.98. The SMILES string of the molecule is CCOc1cccc(N2C(=O)C(c3ccccc3)=C(N3CCN(c4ncccn4)CC3)C2=O)c1. The molecule has 0 N–H and O–H groups in total. The van der Waals surface area contributed by atoms with Crippen molar-refractivity contribution in [1.82, 2.24) is 14.9 Å². The second-order valence-electron chi connectivity index (χ2n) is 7.99. The number of ether oxygens (including phenoxy) is 1. The smallest absolute Gasteiger partial charge is 0.282 e. The zero-order valence-corrected chi connectivity index (χ0v) is 18.9. The number of amides is 2. The lowest BCUT2D eigenvalue weighted by Gasteiger charge is -2.36. The van der Waals surface area contributed by atoms with E-state index in [1.807, 2.05) is 48.2 Å². The molecule has 2 amide bonds. The third kappa shape index (κ3) is 3.98. The molecule has 3 aromatic rings. The average molecular weight is 456 g/mol. The molecule has 0 saturated carbocycles. The van der Waals surface area contributed by atoms with Gasteiger partial charge in [-0.25, -0.2) is 14.9 Å². The Balaban J connectivity index is 1.48. The maximum Gasteiger partial charge on any atom is 0.282 e. The van der Waals surface area contributed by atoms with Crippen LogP contribution < -0.4 is 14.5 Å². The summed E-state index contributed by atoms with van der Waals surface area (Å²) in [6.45, 7) is 4.85. The summed E-state index contributed by atoms with van der Waals surface area (Å²) in [5.74, 6) is 0.643. The third-order valence-electron chi connectivity index (χ3n) is 5.94. The number of carbonyl (C=O) groups excluding carboxylic acids is 2. The molecular formula is C26H25N5O3. The van der Waals surface area contributed by atoms with Gasteiger partial charge >= 0.3 is 0 Å². The Hall–Kier alpha value is -4.20. The lowest BCUT2D eigenvalue weighted by atomic mass is 10.0. The Labute approximate surface area is 198 Å². The number of imide groups is 1. The molecule has 5 rings (SSSR count). The van der Waals surface area contributed by atoms with Gasteiger partial charge in [0.1, 0.15) is 11.4 Å². The van der Waals surface area contributed by atoms with Gasteiger partial charge < -0.3 is 14.5 Å². The van der Waals surface area contributed by atoms with Gasteiger partial charge in [0.05, 0.1) is 17.9 Å². The number of piperazine rings is 1.